The number of carbonyl (C=O) groups is 2. The zero-order valence-corrected chi connectivity index (χ0v) is 17.9. The van der Waals surface area contributed by atoms with Crippen molar-refractivity contribution in [2.24, 2.45) is 0 Å². The van der Waals surface area contributed by atoms with E-state index in [1.165, 1.54) is 0 Å². The standard InChI is InChI=1S/C22H29FN2O5/c1-13-9-17-15(20(26)29-13)5-6-16(19(17)23)18-11-24-7-8-25(10-14(24)12-28-18)21(27)30-22(2,3)4/h5-6,13-14,18H,7-12H2,1-4H3/t13-,14+,18-/m1/s1. The second-order valence-electron chi connectivity index (χ2n) is 9.31. The molecule has 8 heteroatoms. The number of nitrogens with zero attached hydrogens (tertiary/aromatic N) is 2. The number of carbonyl (C=O) groups excluding carboxylic acids is 2. The fourth-order valence-corrected chi connectivity index (χ4v) is 4.32. The SMILES string of the molecule is C[C@@H]1Cc2c(ccc([C@H]3CN4CCN(C(=O)OC(C)(C)C)C[C@H]4CO3)c2F)C(=O)O1. The monoisotopic (exact) mass is 420 g/mol. The summed E-state index contributed by atoms with van der Waals surface area (Å²) in [7, 11) is 0. The highest BCUT2D eigenvalue weighted by atomic mass is 19.1. The van der Waals surface area contributed by atoms with Crippen LogP contribution in [-0.2, 0) is 20.6 Å². The molecule has 4 rings (SSSR count). The average Bonchev–Trinajstić information content (AvgIpc) is 2.66. The van der Waals surface area contributed by atoms with E-state index in [0.29, 0.717) is 55.9 Å². The van der Waals surface area contributed by atoms with E-state index in [4.69, 9.17) is 14.2 Å². The highest BCUT2D eigenvalue weighted by molar-refractivity contribution is 5.92. The quantitative estimate of drug-likeness (QED) is 0.651. The lowest BCUT2D eigenvalue weighted by Gasteiger charge is -2.46. The fourth-order valence-electron chi connectivity index (χ4n) is 4.32. The molecule has 7 nitrogen and oxygen atoms in total. The number of morpholine rings is 1. The number of hydrogen-bond donors (Lipinski definition) is 0. The van der Waals surface area contributed by atoms with Gasteiger partial charge in [-0.05, 0) is 33.8 Å². The molecule has 3 heterocycles. The summed E-state index contributed by atoms with van der Waals surface area (Å²) in [6, 6.07) is 3.32. The van der Waals surface area contributed by atoms with Crippen LogP contribution in [0.4, 0.5) is 9.18 Å². The molecule has 3 aliphatic rings. The minimum atomic E-state index is -0.531. The summed E-state index contributed by atoms with van der Waals surface area (Å²) in [5.41, 5.74) is 0.658. The molecule has 2 saturated heterocycles. The summed E-state index contributed by atoms with van der Waals surface area (Å²) in [5, 5.41) is 0. The molecule has 0 saturated carbocycles. The first-order chi connectivity index (χ1) is 14.1. The molecule has 0 spiro atoms. The number of cyclic esters (lactones) is 1. The molecule has 3 atom stereocenters. The van der Waals surface area contributed by atoms with Crippen molar-refractivity contribution < 1.29 is 28.2 Å². The van der Waals surface area contributed by atoms with E-state index >= 15 is 4.39 Å². The van der Waals surface area contributed by atoms with Gasteiger partial charge in [0.1, 0.15) is 17.5 Å². The number of fused-ring (bicyclic) bond motifs is 2. The van der Waals surface area contributed by atoms with Crippen molar-refractivity contribution in [1.82, 2.24) is 9.80 Å². The van der Waals surface area contributed by atoms with Crippen LogP contribution in [0.15, 0.2) is 12.1 Å². The molecular formula is C22H29FN2O5. The highest BCUT2D eigenvalue weighted by Gasteiger charge is 2.38. The van der Waals surface area contributed by atoms with Crippen molar-refractivity contribution in [3.05, 3.63) is 34.6 Å². The van der Waals surface area contributed by atoms with Crippen molar-refractivity contribution in [3.8, 4) is 0 Å². The van der Waals surface area contributed by atoms with Crippen LogP contribution in [0.3, 0.4) is 0 Å². The number of ether oxygens (including phenoxy) is 3. The molecule has 0 N–H and O–H groups in total. The maximum absolute atomic E-state index is 15.3. The van der Waals surface area contributed by atoms with Gasteiger partial charge >= 0.3 is 12.1 Å². The second-order valence-corrected chi connectivity index (χ2v) is 9.31. The molecule has 0 aromatic heterocycles. The molecule has 1 aromatic rings. The van der Waals surface area contributed by atoms with Gasteiger partial charge in [-0.15, -0.1) is 0 Å². The van der Waals surface area contributed by atoms with Gasteiger partial charge in [-0.1, -0.05) is 6.07 Å². The van der Waals surface area contributed by atoms with Gasteiger partial charge in [0.15, 0.2) is 0 Å². The largest absolute Gasteiger partial charge is 0.459 e. The predicted octanol–water partition coefficient (Wildman–Crippen LogP) is 2.92. The van der Waals surface area contributed by atoms with Gasteiger partial charge in [-0.2, -0.15) is 0 Å². The topological polar surface area (TPSA) is 68.3 Å². The minimum Gasteiger partial charge on any atom is -0.459 e. The van der Waals surface area contributed by atoms with Crippen molar-refractivity contribution >= 4 is 12.1 Å². The Morgan fingerprint density at radius 2 is 2.00 bits per heavy atom. The third kappa shape index (κ3) is 4.16. The summed E-state index contributed by atoms with van der Waals surface area (Å²) >= 11 is 0. The van der Waals surface area contributed by atoms with Crippen molar-refractivity contribution in [2.75, 3.05) is 32.8 Å². The van der Waals surface area contributed by atoms with Gasteiger partial charge < -0.3 is 19.1 Å². The zero-order chi connectivity index (χ0) is 21.6. The van der Waals surface area contributed by atoms with E-state index < -0.39 is 17.7 Å². The molecule has 30 heavy (non-hydrogen) atoms. The van der Waals surface area contributed by atoms with E-state index in [1.54, 1.807) is 24.0 Å². The molecular weight excluding hydrogens is 391 g/mol. The molecule has 0 radical (unpaired) electrons. The van der Waals surface area contributed by atoms with Crippen LogP contribution in [-0.4, -0.2) is 72.4 Å². The minimum absolute atomic E-state index is 0.0539. The summed E-state index contributed by atoms with van der Waals surface area (Å²) in [5.74, 6) is -0.844. The first kappa shape index (κ1) is 21.1. The maximum Gasteiger partial charge on any atom is 0.410 e. The summed E-state index contributed by atoms with van der Waals surface area (Å²) in [4.78, 5) is 28.3. The fraction of sp³-hybridized carbons (Fsp3) is 0.636. The van der Waals surface area contributed by atoms with Gasteiger partial charge in [0, 0.05) is 43.7 Å². The normalized spacial score (nSPS) is 27.2. The van der Waals surface area contributed by atoms with E-state index in [2.05, 4.69) is 4.90 Å². The first-order valence-electron chi connectivity index (χ1n) is 10.5. The Balaban J connectivity index is 1.44. The number of hydrogen-bond acceptors (Lipinski definition) is 6. The Labute approximate surface area is 176 Å². The third-order valence-electron chi connectivity index (χ3n) is 5.79. The Bertz CT molecular complexity index is 853. The Kier molecular flexibility index (Phi) is 5.48. The van der Waals surface area contributed by atoms with Gasteiger partial charge in [0.2, 0.25) is 0 Å². The van der Waals surface area contributed by atoms with E-state index in [9.17, 15) is 9.59 Å². The number of piperazine rings is 1. The number of amides is 1. The van der Waals surface area contributed by atoms with E-state index in [1.807, 2.05) is 20.8 Å². The van der Waals surface area contributed by atoms with Gasteiger partial charge in [-0.3, -0.25) is 4.90 Å². The van der Waals surface area contributed by atoms with Crippen LogP contribution in [0, 0.1) is 5.82 Å². The lowest BCUT2D eigenvalue weighted by atomic mass is 9.93. The Morgan fingerprint density at radius 1 is 1.23 bits per heavy atom. The highest BCUT2D eigenvalue weighted by Crippen LogP contribution is 2.33. The van der Waals surface area contributed by atoms with E-state index in [-0.39, 0.29) is 24.1 Å². The lowest BCUT2D eigenvalue weighted by Crippen LogP contribution is -2.60. The average molecular weight is 420 g/mol. The number of halogens is 1. The molecule has 2 fully saturated rings. The number of esters is 1. The van der Waals surface area contributed by atoms with Gasteiger partial charge in [0.25, 0.3) is 0 Å². The number of rotatable bonds is 1. The second kappa shape index (κ2) is 7.81. The molecule has 0 unspecified atom stereocenters. The van der Waals surface area contributed by atoms with Crippen molar-refractivity contribution in [2.45, 2.75) is 58.0 Å². The molecule has 3 aliphatic heterocycles. The lowest BCUT2D eigenvalue weighted by molar-refractivity contribution is -0.0916. The van der Waals surface area contributed by atoms with Crippen LogP contribution in [0.5, 0.6) is 0 Å². The van der Waals surface area contributed by atoms with Crippen LogP contribution in [0.2, 0.25) is 0 Å². The van der Waals surface area contributed by atoms with Gasteiger partial charge in [-0.25, -0.2) is 14.0 Å². The van der Waals surface area contributed by atoms with Crippen molar-refractivity contribution in [1.29, 1.82) is 0 Å². The van der Waals surface area contributed by atoms with Crippen molar-refractivity contribution in [3.63, 3.8) is 0 Å². The maximum atomic E-state index is 15.3. The van der Waals surface area contributed by atoms with Crippen LogP contribution in [0.1, 0.15) is 55.3 Å². The summed E-state index contributed by atoms with van der Waals surface area (Å²) in [6.07, 6.45) is -0.698. The molecule has 1 amide bonds. The summed E-state index contributed by atoms with van der Waals surface area (Å²) < 4.78 is 31.9. The Hall–Kier alpha value is -2.19. The first-order valence-corrected chi connectivity index (χ1v) is 10.5. The number of benzene rings is 1. The third-order valence-corrected chi connectivity index (χ3v) is 5.79. The molecule has 164 valence electrons. The van der Waals surface area contributed by atoms with E-state index in [0.717, 1.165) is 0 Å². The predicted molar refractivity (Wildman–Crippen MR) is 107 cm³/mol. The van der Waals surface area contributed by atoms with Crippen LogP contribution in [0.25, 0.3) is 0 Å². The smallest absolute Gasteiger partial charge is 0.410 e. The Morgan fingerprint density at radius 3 is 2.73 bits per heavy atom. The van der Waals surface area contributed by atoms with Gasteiger partial charge in [0.05, 0.1) is 24.3 Å². The zero-order valence-electron chi connectivity index (χ0n) is 17.9. The summed E-state index contributed by atoms with van der Waals surface area (Å²) in [6.45, 7) is 10.0. The van der Waals surface area contributed by atoms with Crippen LogP contribution < -0.4 is 0 Å². The molecule has 0 bridgehead atoms. The molecule has 1 aromatic carbocycles. The van der Waals surface area contributed by atoms with Crippen LogP contribution >= 0.6 is 0 Å². The molecule has 0 aliphatic carbocycles.